The SMILES string of the molecule is CC(=O)c1ccc(C#N)c(NCC2(Sc3ccccc3)CC2)c1. The number of benzene rings is 2. The van der Waals surface area contributed by atoms with Crippen LogP contribution < -0.4 is 5.32 Å². The molecule has 0 saturated heterocycles. The van der Waals surface area contributed by atoms with Crippen LogP contribution in [0.3, 0.4) is 0 Å². The van der Waals surface area contributed by atoms with Gasteiger partial charge in [-0.1, -0.05) is 18.2 Å². The normalized spacial score (nSPS) is 14.8. The van der Waals surface area contributed by atoms with Gasteiger partial charge in [0.1, 0.15) is 6.07 Å². The maximum absolute atomic E-state index is 11.5. The molecule has 0 spiro atoms. The van der Waals surface area contributed by atoms with E-state index in [1.807, 2.05) is 17.8 Å². The molecule has 0 heterocycles. The summed E-state index contributed by atoms with van der Waals surface area (Å²) in [6.45, 7) is 2.33. The summed E-state index contributed by atoms with van der Waals surface area (Å²) in [6, 6.07) is 17.8. The van der Waals surface area contributed by atoms with Crippen LogP contribution in [0.4, 0.5) is 5.69 Å². The highest BCUT2D eigenvalue weighted by molar-refractivity contribution is 8.01. The third-order valence-electron chi connectivity index (χ3n) is 4.03. The summed E-state index contributed by atoms with van der Waals surface area (Å²) < 4.78 is 0.195. The van der Waals surface area contributed by atoms with Crippen molar-refractivity contribution in [3.63, 3.8) is 0 Å². The minimum Gasteiger partial charge on any atom is -0.383 e. The maximum Gasteiger partial charge on any atom is 0.159 e. The number of anilines is 1. The van der Waals surface area contributed by atoms with Crippen LogP contribution in [0.2, 0.25) is 0 Å². The molecule has 3 nitrogen and oxygen atoms in total. The number of hydrogen-bond acceptors (Lipinski definition) is 4. The average molecular weight is 322 g/mol. The quantitative estimate of drug-likeness (QED) is 0.796. The molecule has 1 fully saturated rings. The molecule has 3 rings (SSSR count). The van der Waals surface area contributed by atoms with E-state index < -0.39 is 0 Å². The van der Waals surface area contributed by atoms with E-state index in [9.17, 15) is 10.1 Å². The topological polar surface area (TPSA) is 52.9 Å². The van der Waals surface area contributed by atoms with Crippen LogP contribution in [0.1, 0.15) is 35.7 Å². The summed E-state index contributed by atoms with van der Waals surface area (Å²) in [5.41, 5.74) is 1.96. The van der Waals surface area contributed by atoms with Crippen molar-refractivity contribution in [2.45, 2.75) is 29.4 Å². The minimum atomic E-state index is 0.0114. The molecular weight excluding hydrogens is 304 g/mol. The highest BCUT2D eigenvalue weighted by Crippen LogP contribution is 2.51. The molecule has 1 aliphatic carbocycles. The number of rotatable bonds is 6. The van der Waals surface area contributed by atoms with Crippen LogP contribution in [-0.2, 0) is 0 Å². The summed E-state index contributed by atoms with van der Waals surface area (Å²) in [5, 5.41) is 12.6. The molecule has 2 aromatic carbocycles. The molecule has 23 heavy (non-hydrogen) atoms. The number of nitrogens with one attached hydrogen (secondary N) is 1. The first-order chi connectivity index (χ1) is 11.1. The Kier molecular flexibility index (Phi) is 4.40. The lowest BCUT2D eigenvalue weighted by Gasteiger charge is -2.17. The van der Waals surface area contributed by atoms with Crippen LogP contribution in [0.5, 0.6) is 0 Å². The van der Waals surface area contributed by atoms with Crippen molar-refractivity contribution >= 4 is 23.2 Å². The van der Waals surface area contributed by atoms with E-state index in [4.69, 9.17) is 0 Å². The number of thioether (sulfide) groups is 1. The van der Waals surface area contributed by atoms with E-state index in [1.54, 1.807) is 25.1 Å². The van der Waals surface area contributed by atoms with Crippen molar-refractivity contribution < 1.29 is 4.79 Å². The smallest absolute Gasteiger partial charge is 0.159 e. The Morgan fingerprint density at radius 2 is 2.00 bits per heavy atom. The number of carbonyl (C=O) groups is 1. The predicted molar refractivity (Wildman–Crippen MR) is 93.9 cm³/mol. The molecule has 0 aliphatic heterocycles. The second-order valence-corrected chi connectivity index (χ2v) is 7.42. The molecule has 1 saturated carbocycles. The number of nitriles is 1. The first-order valence-corrected chi connectivity index (χ1v) is 8.47. The van der Waals surface area contributed by atoms with Gasteiger partial charge in [0.05, 0.1) is 11.3 Å². The Bertz CT molecular complexity index is 761. The molecule has 0 radical (unpaired) electrons. The highest BCUT2D eigenvalue weighted by Gasteiger charge is 2.43. The summed E-state index contributed by atoms with van der Waals surface area (Å²) in [7, 11) is 0. The molecule has 0 amide bonds. The highest BCUT2D eigenvalue weighted by atomic mass is 32.2. The molecule has 0 bridgehead atoms. The van der Waals surface area contributed by atoms with Crippen LogP contribution in [-0.4, -0.2) is 17.1 Å². The van der Waals surface area contributed by atoms with E-state index in [2.05, 4.69) is 35.7 Å². The largest absolute Gasteiger partial charge is 0.383 e. The molecule has 0 aromatic heterocycles. The molecule has 116 valence electrons. The third kappa shape index (κ3) is 3.75. The fraction of sp³-hybridized carbons (Fsp3) is 0.263. The summed E-state index contributed by atoms with van der Waals surface area (Å²) in [6.07, 6.45) is 2.32. The monoisotopic (exact) mass is 322 g/mol. The van der Waals surface area contributed by atoms with Crippen molar-refractivity contribution in [3.05, 3.63) is 59.7 Å². The maximum atomic E-state index is 11.5. The fourth-order valence-electron chi connectivity index (χ4n) is 2.46. The lowest BCUT2D eigenvalue weighted by atomic mass is 10.1. The van der Waals surface area contributed by atoms with Gasteiger partial charge in [0.25, 0.3) is 0 Å². The van der Waals surface area contributed by atoms with E-state index in [1.165, 1.54) is 4.90 Å². The van der Waals surface area contributed by atoms with Crippen LogP contribution in [0.25, 0.3) is 0 Å². The van der Waals surface area contributed by atoms with Gasteiger partial charge in [0.2, 0.25) is 0 Å². The number of ketones is 1. The van der Waals surface area contributed by atoms with Crippen LogP contribution in [0.15, 0.2) is 53.4 Å². The van der Waals surface area contributed by atoms with Gasteiger partial charge >= 0.3 is 0 Å². The van der Waals surface area contributed by atoms with Gasteiger partial charge in [-0.05, 0) is 50.1 Å². The lowest BCUT2D eigenvalue weighted by molar-refractivity contribution is 0.101. The molecule has 1 aliphatic rings. The molecule has 0 unspecified atom stereocenters. The number of nitrogens with zero attached hydrogens (tertiary/aromatic N) is 1. The van der Waals surface area contributed by atoms with Gasteiger partial charge in [-0.2, -0.15) is 5.26 Å². The Hall–Kier alpha value is -2.25. The van der Waals surface area contributed by atoms with Gasteiger partial charge in [0, 0.05) is 21.8 Å². The number of carbonyl (C=O) groups excluding carboxylic acids is 1. The molecular formula is C19H18N2OS. The van der Waals surface area contributed by atoms with E-state index in [0.29, 0.717) is 11.1 Å². The first kappa shape index (κ1) is 15.6. The van der Waals surface area contributed by atoms with Crippen LogP contribution in [0, 0.1) is 11.3 Å². The molecule has 1 N–H and O–H groups in total. The lowest BCUT2D eigenvalue weighted by Crippen LogP contribution is -2.18. The van der Waals surface area contributed by atoms with Gasteiger partial charge in [-0.3, -0.25) is 4.79 Å². The van der Waals surface area contributed by atoms with Crippen molar-refractivity contribution in [1.29, 1.82) is 5.26 Å². The van der Waals surface area contributed by atoms with Crippen molar-refractivity contribution in [2.24, 2.45) is 0 Å². The van der Waals surface area contributed by atoms with Gasteiger partial charge < -0.3 is 5.32 Å². The van der Waals surface area contributed by atoms with Gasteiger partial charge in [-0.15, -0.1) is 11.8 Å². The molecule has 4 heteroatoms. The first-order valence-electron chi connectivity index (χ1n) is 7.65. The Balaban J connectivity index is 1.72. The zero-order valence-corrected chi connectivity index (χ0v) is 13.8. The average Bonchev–Trinajstić information content (AvgIpc) is 3.33. The molecule has 0 atom stereocenters. The van der Waals surface area contributed by atoms with Crippen molar-refractivity contribution in [3.8, 4) is 6.07 Å². The third-order valence-corrected chi connectivity index (χ3v) is 5.53. The minimum absolute atomic E-state index is 0.0114. The predicted octanol–water partition coefficient (Wildman–Crippen LogP) is 4.50. The number of Topliss-reactive ketones (excluding diaryl/α,β-unsaturated/α-hetero) is 1. The zero-order chi connectivity index (χ0) is 16.3. The fourth-order valence-corrected chi connectivity index (χ4v) is 3.70. The van der Waals surface area contributed by atoms with Crippen molar-refractivity contribution in [2.75, 3.05) is 11.9 Å². The van der Waals surface area contributed by atoms with Crippen LogP contribution >= 0.6 is 11.8 Å². The second kappa shape index (κ2) is 6.47. The Labute approximate surface area is 140 Å². The van der Waals surface area contributed by atoms with Gasteiger partial charge in [0.15, 0.2) is 5.78 Å². The zero-order valence-electron chi connectivity index (χ0n) is 13.0. The van der Waals surface area contributed by atoms with Crippen molar-refractivity contribution in [1.82, 2.24) is 0 Å². The Morgan fingerprint density at radius 1 is 1.26 bits per heavy atom. The van der Waals surface area contributed by atoms with E-state index in [0.717, 1.165) is 25.1 Å². The number of hydrogen-bond donors (Lipinski definition) is 1. The molecule has 2 aromatic rings. The Morgan fingerprint density at radius 3 is 2.61 bits per heavy atom. The van der Waals surface area contributed by atoms with E-state index >= 15 is 0 Å². The summed E-state index contributed by atoms with van der Waals surface area (Å²) >= 11 is 1.89. The summed E-state index contributed by atoms with van der Waals surface area (Å²) in [5.74, 6) is 0.0114. The van der Waals surface area contributed by atoms with E-state index in [-0.39, 0.29) is 10.5 Å². The standard InChI is InChI=1S/C19H18N2OS/c1-14(22)15-7-8-16(12-20)18(11-15)21-13-19(9-10-19)23-17-5-3-2-4-6-17/h2-8,11,21H,9-10,13H2,1H3. The second-order valence-electron chi connectivity index (χ2n) is 5.88. The summed E-state index contributed by atoms with van der Waals surface area (Å²) in [4.78, 5) is 12.8. The van der Waals surface area contributed by atoms with Gasteiger partial charge in [-0.25, -0.2) is 0 Å².